The Morgan fingerprint density at radius 2 is 0.780 bits per heavy atom. The lowest BCUT2D eigenvalue weighted by molar-refractivity contribution is -0.141. The molecule has 0 radical (unpaired) electrons. The minimum atomic E-state index is -0.208. The van der Waals surface area contributed by atoms with Crippen molar-refractivity contribution in [3.05, 3.63) is 47.5 Å². The molecule has 0 spiro atoms. The van der Waals surface area contributed by atoms with Crippen molar-refractivity contribution in [3.8, 4) is 0 Å². The van der Waals surface area contributed by atoms with Crippen molar-refractivity contribution in [3.63, 3.8) is 0 Å². The highest BCUT2D eigenvalue weighted by atomic mass is 16.2. The molecule has 0 saturated carbocycles. The van der Waals surface area contributed by atoms with Gasteiger partial charge in [-0.2, -0.15) is 0 Å². The van der Waals surface area contributed by atoms with Crippen LogP contribution in [0.15, 0.2) is 36.4 Å². The number of carbonyl (C=O) groups is 6. The number of hydrogen-bond acceptors (Lipinski definition) is 7. The quantitative estimate of drug-likeness (QED) is 0.291. The van der Waals surface area contributed by atoms with Crippen LogP contribution >= 0.6 is 0 Å². The summed E-state index contributed by atoms with van der Waals surface area (Å²) in [6.07, 6.45) is 6.22. The molecule has 0 N–H and O–H groups in total. The van der Waals surface area contributed by atoms with Crippen molar-refractivity contribution < 1.29 is 28.8 Å². The SMILES string of the molecule is CC.CC.CC.CC.CC(C)N1C(=O)C=CC1=O.CC(C)N1C(=O)CCC1=O.CC(C)N1C(=O)c2ccccc2C1=O.CC(C)N1CCCC1. The Morgan fingerprint density at radius 3 is 1.00 bits per heavy atom. The fourth-order valence-electron chi connectivity index (χ4n) is 5.03. The Kier molecular flexibility index (Phi) is 28.5. The molecule has 0 aromatic heterocycles. The van der Waals surface area contributed by atoms with Crippen molar-refractivity contribution in [2.45, 2.75) is 161 Å². The summed E-state index contributed by atoms with van der Waals surface area (Å²) in [7, 11) is 0. The Balaban J connectivity index is -0.000000560. The van der Waals surface area contributed by atoms with Gasteiger partial charge in [0, 0.05) is 49.2 Å². The summed E-state index contributed by atoms with van der Waals surface area (Å²) in [6, 6.07) is 7.62. The zero-order valence-electron chi connectivity index (χ0n) is 34.3. The number of likely N-dealkylation sites (tertiary alicyclic amines) is 2. The van der Waals surface area contributed by atoms with E-state index in [2.05, 4.69) is 18.7 Å². The first-order valence-corrected chi connectivity index (χ1v) is 18.8. The summed E-state index contributed by atoms with van der Waals surface area (Å²) in [6.45, 7) is 34.2. The normalized spacial score (nSPS) is 15.8. The Morgan fingerprint density at radius 1 is 0.460 bits per heavy atom. The highest BCUT2D eigenvalue weighted by Gasteiger charge is 2.36. The maximum Gasteiger partial charge on any atom is 0.261 e. The summed E-state index contributed by atoms with van der Waals surface area (Å²) < 4.78 is 0. The number of amides is 6. The lowest BCUT2D eigenvalue weighted by Crippen LogP contribution is -2.36. The summed E-state index contributed by atoms with van der Waals surface area (Å²) in [5.74, 6) is -0.832. The third-order valence-electron chi connectivity index (χ3n) is 7.18. The molecule has 4 aliphatic rings. The predicted octanol–water partition coefficient (Wildman–Crippen LogP) is 8.15. The van der Waals surface area contributed by atoms with Crippen molar-refractivity contribution >= 4 is 35.4 Å². The van der Waals surface area contributed by atoms with Crippen LogP contribution in [0.4, 0.5) is 0 Å². The predicted molar refractivity (Wildman–Crippen MR) is 206 cm³/mol. The second-order valence-corrected chi connectivity index (χ2v) is 11.7. The number of fused-ring (bicyclic) bond motifs is 1. The van der Waals surface area contributed by atoms with E-state index in [1.807, 2.05) is 96.9 Å². The first kappa shape index (κ1) is 50.7. The van der Waals surface area contributed by atoms with Gasteiger partial charge >= 0.3 is 0 Å². The van der Waals surface area contributed by atoms with Crippen LogP contribution in [0, 0.1) is 0 Å². The summed E-state index contributed by atoms with van der Waals surface area (Å²) in [4.78, 5) is 73.4. The molecule has 1 aromatic rings. The summed E-state index contributed by atoms with van der Waals surface area (Å²) in [5.41, 5.74) is 1.04. The molecule has 0 aliphatic carbocycles. The standard InChI is InChI=1S/C11H11NO2.C7H11NO2.C7H9NO2.C7H15N.4C2H6/c1-7(2)12-10(13)8-5-3-4-6-9(8)11(12)14;2*1-5(2)8-6(9)3-4-7(8)10;1-7(2)8-5-3-4-6-8;4*1-2/h3-7H,1-2H3;5H,3-4H2,1-2H3;3-5H,1-2H3;7H,3-6H2,1-2H3;4*1-2H3. The monoisotopic (exact) mass is 703 g/mol. The van der Waals surface area contributed by atoms with Crippen molar-refractivity contribution in [1.29, 1.82) is 0 Å². The van der Waals surface area contributed by atoms with E-state index >= 15 is 0 Å². The average molecular weight is 703 g/mol. The van der Waals surface area contributed by atoms with Crippen LogP contribution in [0.25, 0.3) is 0 Å². The van der Waals surface area contributed by atoms with Crippen LogP contribution in [0.5, 0.6) is 0 Å². The highest BCUT2D eigenvalue weighted by molar-refractivity contribution is 6.21. The van der Waals surface area contributed by atoms with Gasteiger partial charge in [0.15, 0.2) is 0 Å². The zero-order valence-corrected chi connectivity index (χ0v) is 34.3. The van der Waals surface area contributed by atoms with Gasteiger partial charge in [-0.1, -0.05) is 67.5 Å². The van der Waals surface area contributed by atoms with E-state index in [4.69, 9.17) is 0 Å². The Bertz CT molecular complexity index is 1120. The molecule has 0 unspecified atom stereocenters. The number of carbonyl (C=O) groups excluding carboxylic acids is 6. The Hall–Kier alpha value is -3.66. The van der Waals surface area contributed by atoms with Crippen LogP contribution in [0.1, 0.15) is 157 Å². The van der Waals surface area contributed by atoms with E-state index in [1.54, 1.807) is 24.3 Å². The molecule has 286 valence electrons. The maximum atomic E-state index is 11.8. The fraction of sp³-hybridized carbons (Fsp3) is 0.650. The molecule has 10 heteroatoms. The molecule has 2 fully saturated rings. The fourth-order valence-corrected chi connectivity index (χ4v) is 5.03. The molecule has 5 rings (SSSR count). The number of imide groups is 3. The van der Waals surface area contributed by atoms with Gasteiger partial charge in [-0.25, -0.2) is 0 Å². The number of benzene rings is 1. The topological polar surface area (TPSA) is 115 Å². The Labute approximate surface area is 304 Å². The molecule has 4 heterocycles. The minimum absolute atomic E-state index is 0.0278. The molecular formula is C40H70N4O6. The van der Waals surface area contributed by atoms with Crippen LogP contribution in [0.3, 0.4) is 0 Å². The zero-order chi connectivity index (χ0) is 39.7. The van der Waals surface area contributed by atoms with E-state index in [-0.39, 0.29) is 53.6 Å². The number of nitrogens with zero attached hydrogens (tertiary/aromatic N) is 4. The van der Waals surface area contributed by atoms with Crippen molar-refractivity contribution in [2.24, 2.45) is 0 Å². The van der Waals surface area contributed by atoms with E-state index in [9.17, 15) is 28.8 Å². The van der Waals surface area contributed by atoms with E-state index in [1.165, 1.54) is 52.8 Å². The number of hydrogen-bond donors (Lipinski definition) is 0. The van der Waals surface area contributed by atoms with Gasteiger partial charge in [-0.05, 0) is 93.5 Å². The number of rotatable bonds is 4. The molecule has 50 heavy (non-hydrogen) atoms. The highest BCUT2D eigenvalue weighted by Crippen LogP contribution is 2.24. The van der Waals surface area contributed by atoms with Gasteiger partial charge < -0.3 is 4.90 Å². The van der Waals surface area contributed by atoms with E-state index in [0.717, 1.165) is 6.04 Å². The van der Waals surface area contributed by atoms with Crippen molar-refractivity contribution in [1.82, 2.24) is 19.6 Å². The maximum absolute atomic E-state index is 11.8. The minimum Gasteiger partial charge on any atom is -0.301 e. The van der Waals surface area contributed by atoms with Gasteiger partial charge in [0.05, 0.1) is 11.1 Å². The van der Waals surface area contributed by atoms with Gasteiger partial charge in [-0.3, -0.25) is 43.5 Å². The largest absolute Gasteiger partial charge is 0.301 e. The molecule has 10 nitrogen and oxygen atoms in total. The molecule has 6 amide bonds. The van der Waals surface area contributed by atoms with E-state index in [0.29, 0.717) is 24.0 Å². The molecule has 4 aliphatic heterocycles. The van der Waals surface area contributed by atoms with Gasteiger partial charge in [-0.15, -0.1) is 0 Å². The van der Waals surface area contributed by atoms with Crippen LogP contribution in [-0.4, -0.2) is 92.3 Å². The second-order valence-electron chi connectivity index (χ2n) is 11.7. The molecule has 0 bridgehead atoms. The van der Waals surface area contributed by atoms with Crippen LogP contribution < -0.4 is 0 Å². The van der Waals surface area contributed by atoms with Gasteiger partial charge in [0.1, 0.15) is 0 Å². The first-order chi connectivity index (χ1) is 23.7. The smallest absolute Gasteiger partial charge is 0.261 e. The average Bonchev–Trinajstić information content (AvgIpc) is 3.89. The summed E-state index contributed by atoms with van der Waals surface area (Å²) >= 11 is 0. The third kappa shape index (κ3) is 15.9. The lowest BCUT2D eigenvalue weighted by Gasteiger charge is -2.18. The lowest BCUT2D eigenvalue weighted by atomic mass is 10.1. The third-order valence-corrected chi connectivity index (χ3v) is 7.18. The second kappa shape index (κ2) is 28.1. The molecule has 0 atom stereocenters. The van der Waals surface area contributed by atoms with Crippen molar-refractivity contribution in [2.75, 3.05) is 13.1 Å². The molecule has 2 saturated heterocycles. The first-order valence-electron chi connectivity index (χ1n) is 18.8. The van der Waals surface area contributed by atoms with Crippen LogP contribution in [-0.2, 0) is 19.2 Å². The van der Waals surface area contributed by atoms with Crippen LogP contribution in [0.2, 0.25) is 0 Å². The van der Waals surface area contributed by atoms with Gasteiger partial charge in [0.25, 0.3) is 23.6 Å². The summed E-state index contributed by atoms with van der Waals surface area (Å²) in [5, 5.41) is 0. The van der Waals surface area contributed by atoms with Gasteiger partial charge in [0.2, 0.25) is 11.8 Å². The molecule has 1 aromatic carbocycles. The van der Waals surface area contributed by atoms with E-state index < -0.39 is 0 Å². The molecular weight excluding hydrogens is 632 g/mol.